The van der Waals surface area contributed by atoms with Gasteiger partial charge in [-0.3, -0.25) is 0 Å². The van der Waals surface area contributed by atoms with Crippen molar-refractivity contribution in [1.82, 2.24) is 20.4 Å². The maximum Gasteiger partial charge on any atom is 0.191 e. The van der Waals surface area contributed by atoms with Crippen LogP contribution in [0.3, 0.4) is 0 Å². The zero-order chi connectivity index (χ0) is 22.5. The third kappa shape index (κ3) is 11.2. The Hall–Kier alpha value is -1.10. The van der Waals surface area contributed by atoms with Gasteiger partial charge in [0.1, 0.15) is 12.4 Å². The molecule has 2 rings (SSSR count). The maximum absolute atomic E-state index is 5.96. The van der Waals surface area contributed by atoms with E-state index in [1.807, 2.05) is 6.92 Å². The number of halogens is 1. The van der Waals surface area contributed by atoms with Crippen molar-refractivity contribution in [1.29, 1.82) is 0 Å². The third-order valence-electron chi connectivity index (χ3n) is 5.45. The smallest absolute Gasteiger partial charge is 0.191 e. The summed E-state index contributed by atoms with van der Waals surface area (Å²) in [6.45, 7) is 18.4. The Labute approximate surface area is 212 Å². The first-order valence-electron chi connectivity index (χ1n) is 11.7. The van der Waals surface area contributed by atoms with Crippen LogP contribution in [0.25, 0.3) is 0 Å². The highest BCUT2D eigenvalue weighted by molar-refractivity contribution is 14.0. The van der Waals surface area contributed by atoms with Crippen molar-refractivity contribution in [2.45, 2.75) is 34.2 Å². The van der Waals surface area contributed by atoms with Crippen molar-refractivity contribution in [3.8, 4) is 5.75 Å². The van der Waals surface area contributed by atoms with Gasteiger partial charge in [0.2, 0.25) is 0 Å². The number of hydrogen-bond acceptors (Lipinski definition) is 5. The van der Waals surface area contributed by atoms with Crippen LogP contribution in [0.5, 0.6) is 5.75 Å². The fourth-order valence-electron chi connectivity index (χ4n) is 3.59. The van der Waals surface area contributed by atoms with Crippen molar-refractivity contribution >= 4 is 29.9 Å². The molecule has 0 saturated carbocycles. The van der Waals surface area contributed by atoms with E-state index in [2.05, 4.69) is 66.5 Å². The minimum atomic E-state index is 0. The number of aryl methyl sites for hydroxylation is 1. The Kier molecular flexibility index (Phi) is 14.9. The van der Waals surface area contributed by atoms with Gasteiger partial charge in [0.05, 0.1) is 13.2 Å². The van der Waals surface area contributed by atoms with Crippen molar-refractivity contribution in [2.24, 2.45) is 10.9 Å². The third-order valence-corrected chi connectivity index (χ3v) is 5.45. The van der Waals surface area contributed by atoms with E-state index in [1.54, 1.807) is 0 Å². The largest absolute Gasteiger partial charge is 0.491 e. The predicted octanol–water partition coefficient (Wildman–Crippen LogP) is 2.97. The number of nitrogens with zero attached hydrogens (tertiary/aromatic N) is 3. The highest BCUT2D eigenvalue weighted by Crippen LogP contribution is 2.21. The minimum Gasteiger partial charge on any atom is -0.491 e. The number of rotatable bonds is 12. The molecule has 7 nitrogen and oxygen atoms in total. The normalized spacial score (nSPS) is 16.3. The molecule has 0 spiro atoms. The Balaban J connectivity index is 0.00000512. The average Bonchev–Trinajstić information content (AvgIpc) is 2.76. The second-order valence-electron chi connectivity index (χ2n) is 8.44. The fourth-order valence-corrected chi connectivity index (χ4v) is 3.59. The SMILES string of the molecule is CCNC(=NCc1ccc(C)cc1OCCOCC)NCC(C)CN1CCN(C)CC1.I. The van der Waals surface area contributed by atoms with Crippen LogP contribution in [0, 0.1) is 12.8 Å². The maximum atomic E-state index is 5.96. The molecule has 184 valence electrons. The molecule has 2 N–H and O–H groups in total. The molecule has 8 heteroatoms. The molecule has 0 radical (unpaired) electrons. The molecule has 1 aliphatic rings. The predicted molar refractivity (Wildman–Crippen MR) is 145 cm³/mol. The van der Waals surface area contributed by atoms with Gasteiger partial charge < -0.3 is 29.9 Å². The van der Waals surface area contributed by atoms with E-state index in [1.165, 1.54) is 5.56 Å². The number of nitrogens with one attached hydrogen (secondary N) is 2. The van der Waals surface area contributed by atoms with Gasteiger partial charge in [-0.2, -0.15) is 0 Å². The van der Waals surface area contributed by atoms with Crippen molar-refractivity contribution in [3.63, 3.8) is 0 Å². The standard InChI is InChI=1S/C24H43N5O2.HI/c1-6-25-24(26-17-21(4)19-29-12-10-28(5)11-13-29)27-18-22-9-8-20(3)16-23(22)31-15-14-30-7-2;/h8-9,16,21H,6-7,10-15,17-19H2,1-5H3,(H2,25,26,27);1H. The Morgan fingerprint density at radius 1 is 1.12 bits per heavy atom. The zero-order valence-corrected chi connectivity index (χ0v) is 23.0. The van der Waals surface area contributed by atoms with E-state index in [9.17, 15) is 0 Å². The Morgan fingerprint density at radius 3 is 2.56 bits per heavy atom. The second kappa shape index (κ2) is 16.5. The molecule has 32 heavy (non-hydrogen) atoms. The van der Waals surface area contributed by atoms with Crippen LogP contribution in [-0.4, -0.2) is 88.4 Å². The quantitative estimate of drug-likeness (QED) is 0.177. The van der Waals surface area contributed by atoms with Crippen molar-refractivity contribution < 1.29 is 9.47 Å². The second-order valence-corrected chi connectivity index (χ2v) is 8.44. The Bertz CT molecular complexity index is 666. The lowest BCUT2D eigenvalue weighted by Gasteiger charge is -2.34. The summed E-state index contributed by atoms with van der Waals surface area (Å²) >= 11 is 0. The average molecular weight is 562 g/mol. The van der Waals surface area contributed by atoms with Gasteiger partial charge in [-0.25, -0.2) is 4.99 Å². The molecule has 1 aliphatic heterocycles. The molecule has 1 saturated heterocycles. The van der Waals surface area contributed by atoms with E-state index >= 15 is 0 Å². The number of piperazine rings is 1. The molecule has 1 aromatic rings. The topological polar surface area (TPSA) is 61.4 Å². The van der Waals surface area contributed by atoms with E-state index in [-0.39, 0.29) is 24.0 Å². The summed E-state index contributed by atoms with van der Waals surface area (Å²) in [7, 11) is 2.20. The number of guanidine groups is 1. The molecule has 1 heterocycles. The first-order valence-corrected chi connectivity index (χ1v) is 11.7. The van der Waals surface area contributed by atoms with Gasteiger partial charge in [-0.05, 0) is 45.4 Å². The summed E-state index contributed by atoms with van der Waals surface area (Å²) in [5.41, 5.74) is 2.27. The molecular weight excluding hydrogens is 517 g/mol. The van der Waals surface area contributed by atoms with Crippen molar-refractivity contribution in [2.75, 3.05) is 72.7 Å². The first kappa shape index (κ1) is 28.9. The van der Waals surface area contributed by atoms with Crippen LogP contribution in [-0.2, 0) is 11.3 Å². The highest BCUT2D eigenvalue weighted by atomic mass is 127. The first-order chi connectivity index (χ1) is 15.0. The van der Waals surface area contributed by atoms with Crippen LogP contribution < -0.4 is 15.4 Å². The van der Waals surface area contributed by atoms with E-state index in [4.69, 9.17) is 14.5 Å². The van der Waals surface area contributed by atoms with Crippen LogP contribution in [0.4, 0.5) is 0 Å². The van der Waals surface area contributed by atoms with Gasteiger partial charge in [0, 0.05) is 58.0 Å². The lowest BCUT2D eigenvalue weighted by Crippen LogP contribution is -2.47. The summed E-state index contributed by atoms with van der Waals surface area (Å²) in [6.07, 6.45) is 0. The van der Waals surface area contributed by atoms with Gasteiger partial charge in [-0.1, -0.05) is 19.1 Å². The zero-order valence-electron chi connectivity index (χ0n) is 20.7. The summed E-state index contributed by atoms with van der Waals surface area (Å²) in [4.78, 5) is 9.77. The van der Waals surface area contributed by atoms with E-state index < -0.39 is 0 Å². The molecule has 1 fully saturated rings. The molecule has 1 atom stereocenters. The van der Waals surface area contributed by atoms with Crippen molar-refractivity contribution in [3.05, 3.63) is 29.3 Å². The van der Waals surface area contributed by atoms with Gasteiger partial charge >= 0.3 is 0 Å². The van der Waals surface area contributed by atoms with E-state index in [0.717, 1.165) is 63.1 Å². The molecule has 1 aromatic carbocycles. The molecule has 0 aliphatic carbocycles. The highest BCUT2D eigenvalue weighted by Gasteiger charge is 2.16. The van der Waals surface area contributed by atoms with Crippen LogP contribution in [0.2, 0.25) is 0 Å². The lowest BCUT2D eigenvalue weighted by atomic mass is 10.1. The lowest BCUT2D eigenvalue weighted by molar-refractivity contribution is 0.110. The molecule has 0 bridgehead atoms. The summed E-state index contributed by atoms with van der Waals surface area (Å²) < 4.78 is 11.3. The van der Waals surface area contributed by atoms with Gasteiger partial charge in [-0.15, -0.1) is 24.0 Å². The van der Waals surface area contributed by atoms with E-state index in [0.29, 0.717) is 32.3 Å². The van der Waals surface area contributed by atoms with Gasteiger partial charge in [0.25, 0.3) is 0 Å². The number of hydrogen-bond donors (Lipinski definition) is 2. The molecule has 1 unspecified atom stereocenters. The number of aliphatic imine (C=N–C) groups is 1. The summed E-state index contributed by atoms with van der Waals surface area (Å²) in [6, 6.07) is 6.29. The summed E-state index contributed by atoms with van der Waals surface area (Å²) in [5, 5.41) is 6.89. The molecule has 0 aromatic heterocycles. The van der Waals surface area contributed by atoms with Crippen LogP contribution in [0.1, 0.15) is 31.9 Å². The van der Waals surface area contributed by atoms with Gasteiger partial charge in [0.15, 0.2) is 5.96 Å². The number of ether oxygens (including phenoxy) is 2. The summed E-state index contributed by atoms with van der Waals surface area (Å²) in [5.74, 6) is 2.31. The monoisotopic (exact) mass is 561 g/mol. The fraction of sp³-hybridized carbons (Fsp3) is 0.708. The Morgan fingerprint density at radius 2 is 1.88 bits per heavy atom. The molecular formula is C24H44IN5O2. The van der Waals surface area contributed by atoms with Crippen LogP contribution >= 0.6 is 24.0 Å². The number of benzene rings is 1. The van der Waals surface area contributed by atoms with Crippen LogP contribution in [0.15, 0.2) is 23.2 Å². The molecule has 0 amide bonds. The minimum absolute atomic E-state index is 0. The number of likely N-dealkylation sites (N-methyl/N-ethyl adjacent to an activating group) is 1.